The number of anilines is 4. The fourth-order valence-electron chi connectivity index (χ4n) is 2.57. The fourth-order valence-corrected chi connectivity index (χ4v) is 2.57. The molecule has 29 heavy (non-hydrogen) atoms. The van der Waals surface area contributed by atoms with Crippen LogP contribution >= 0.6 is 0 Å². The molecule has 0 spiro atoms. The Hall–Kier alpha value is -3.16. The van der Waals surface area contributed by atoms with Gasteiger partial charge in [0.05, 0.1) is 12.7 Å². The topological polar surface area (TPSA) is 88.5 Å². The number of nitrogens with zero attached hydrogens (tertiary/aromatic N) is 2. The van der Waals surface area contributed by atoms with Crippen LogP contribution in [0.5, 0.6) is 5.75 Å². The molecule has 0 aliphatic heterocycles. The Bertz CT molecular complexity index is 888. The van der Waals surface area contributed by atoms with Crippen LogP contribution in [0, 0.1) is 0 Å². The maximum absolute atomic E-state index is 9.59. The maximum Gasteiger partial charge on any atom is 0.229 e. The molecule has 3 N–H and O–H groups in total. The van der Waals surface area contributed by atoms with E-state index in [4.69, 9.17) is 9.47 Å². The third-order valence-electron chi connectivity index (χ3n) is 4.23. The van der Waals surface area contributed by atoms with Crippen molar-refractivity contribution in [3.63, 3.8) is 0 Å². The van der Waals surface area contributed by atoms with Gasteiger partial charge in [0.2, 0.25) is 5.95 Å². The lowest BCUT2D eigenvalue weighted by molar-refractivity contribution is 0.104. The van der Waals surface area contributed by atoms with Gasteiger partial charge < -0.3 is 25.2 Å². The summed E-state index contributed by atoms with van der Waals surface area (Å²) >= 11 is 0. The van der Waals surface area contributed by atoms with Crippen molar-refractivity contribution >= 4 is 23.1 Å². The molecule has 0 aliphatic rings. The summed E-state index contributed by atoms with van der Waals surface area (Å²) in [5.41, 5.74) is 2.63. The molecule has 0 saturated carbocycles. The first-order chi connectivity index (χ1) is 14.2. The van der Waals surface area contributed by atoms with E-state index in [0.717, 1.165) is 16.9 Å². The van der Waals surface area contributed by atoms with E-state index < -0.39 is 6.10 Å². The van der Waals surface area contributed by atoms with E-state index in [1.807, 2.05) is 61.5 Å². The zero-order valence-electron chi connectivity index (χ0n) is 16.6. The van der Waals surface area contributed by atoms with Gasteiger partial charge in [-0.15, -0.1) is 0 Å². The van der Waals surface area contributed by atoms with Crippen molar-refractivity contribution in [1.29, 1.82) is 0 Å². The zero-order chi connectivity index (χ0) is 20.5. The molecular weight excluding hydrogens is 368 g/mol. The van der Waals surface area contributed by atoms with Gasteiger partial charge >= 0.3 is 0 Å². The van der Waals surface area contributed by atoms with Crippen molar-refractivity contribution in [1.82, 2.24) is 9.97 Å². The van der Waals surface area contributed by atoms with Gasteiger partial charge in [0.25, 0.3) is 0 Å². The zero-order valence-corrected chi connectivity index (χ0v) is 16.6. The number of ether oxygens (including phenoxy) is 2. The molecule has 0 radical (unpaired) electrons. The standard InChI is InChI=1S/C22H26N4O3/c1-3-19(27)15-29-20-11-9-18(10-12-20)25-22-23-13-16(14-28-2)21(26-22)24-17-7-5-4-6-8-17/h4-13,19,27H,3,14-15H2,1-2H3,(H2,23,24,25,26). The van der Waals surface area contributed by atoms with Crippen LogP contribution in [0.4, 0.5) is 23.1 Å². The number of para-hydroxylation sites is 1. The van der Waals surface area contributed by atoms with E-state index in [9.17, 15) is 5.11 Å². The molecule has 0 saturated heterocycles. The molecule has 3 aromatic rings. The molecule has 1 aromatic heterocycles. The normalized spacial score (nSPS) is 11.7. The molecule has 152 valence electrons. The van der Waals surface area contributed by atoms with Crippen molar-refractivity contribution < 1.29 is 14.6 Å². The number of nitrogens with one attached hydrogen (secondary N) is 2. The van der Waals surface area contributed by atoms with E-state index >= 15 is 0 Å². The Morgan fingerprint density at radius 2 is 1.72 bits per heavy atom. The maximum atomic E-state index is 9.59. The summed E-state index contributed by atoms with van der Waals surface area (Å²) in [4.78, 5) is 8.98. The summed E-state index contributed by atoms with van der Waals surface area (Å²) in [7, 11) is 1.64. The predicted molar refractivity (Wildman–Crippen MR) is 114 cm³/mol. The first-order valence-corrected chi connectivity index (χ1v) is 9.52. The highest BCUT2D eigenvalue weighted by Crippen LogP contribution is 2.23. The molecule has 0 bridgehead atoms. The lowest BCUT2D eigenvalue weighted by atomic mass is 10.2. The molecule has 7 nitrogen and oxygen atoms in total. The van der Waals surface area contributed by atoms with Gasteiger partial charge in [-0.05, 0) is 42.8 Å². The second kappa shape index (κ2) is 10.4. The van der Waals surface area contributed by atoms with Crippen LogP contribution in [0.1, 0.15) is 18.9 Å². The highest BCUT2D eigenvalue weighted by molar-refractivity contribution is 5.62. The molecule has 1 heterocycles. The Labute approximate surface area is 170 Å². The van der Waals surface area contributed by atoms with E-state index in [0.29, 0.717) is 30.5 Å². The molecule has 3 rings (SSSR count). The van der Waals surface area contributed by atoms with Gasteiger partial charge in [0, 0.05) is 30.2 Å². The summed E-state index contributed by atoms with van der Waals surface area (Å²) in [5, 5.41) is 16.1. The highest BCUT2D eigenvalue weighted by atomic mass is 16.5. The van der Waals surface area contributed by atoms with Crippen molar-refractivity contribution in [3.05, 3.63) is 66.4 Å². The Morgan fingerprint density at radius 3 is 2.41 bits per heavy atom. The summed E-state index contributed by atoms with van der Waals surface area (Å²) in [6.45, 7) is 2.60. The fraction of sp³-hybridized carbons (Fsp3) is 0.273. The Balaban J connectivity index is 1.71. The van der Waals surface area contributed by atoms with E-state index in [2.05, 4.69) is 20.6 Å². The van der Waals surface area contributed by atoms with Gasteiger partial charge in [0.15, 0.2) is 0 Å². The van der Waals surface area contributed by atoms with E-state index in [-0.39, 0.29) is 6.61 Å². The smallest absolute Gasteiger partial charge is 0.229 e. The van der Waals surface area contributed by atoms with E-state index in [1.54, 1.807) is 13.3 Å². The number of rotatable bonds is 10. The second-order valence-electron chi connectivity index (χ2n) is 6.51. The minimum absolute atomic E-state index is 0.280. The minimum Gasteiger partial charge on any atom is -0.491 e. The van der Waals surface area contributed by atoms with Crippen molar-refractivity contribution in [2.45, 2.75) is 26.1 Å². The molecule has 2 aromatic carbocycles. The van der Waals surface area contributed by atoms with Crippen LogP contribution in [0.2, 0.25) is 0 Å². The van der Waals surface area contributed by atoms with Crippen LogP contribution in [0.15, 0.2) is 60.8 Å². The van der Waals surface area contributed by atoms with Gasteiger partial charge in [0.1, 0.15) is 18.2 Å². The van der Waals surface area contributed by atoms with Crippen molar-refractivity contribution in [3.8, 4) is 5.75 Å². The molecule has 0 amide bonds. The first-order valence-electron chi connectivity index (χ1n) is 9.52. The quantitative estimate of drug-likeness (QED) is 0.473. The van der Waals surface area contributed by atoms with Crippen molar-refractivity contribution in [2.24, 2.45) is 0 Å². The number of aliphatic hydroxyl groups excluding tert-OH is 1. The van der Waals surface area contributed by atoms with Crippen LogP contribution in [-0.2, 0) is 11.3 Å². The number of aliphatic hydroxyl groups is 1. The molecule has 0 aliphatic carbocycles. The van der Waals surface area contributed by atoms with Gasteiger partial charge in [-0.2, -0.15) is 4.98 Å². The molecule has 1 unspecified atom stereocenters. The SMILES string of the molecule is CCC(O)COc1ccc(Nc2ncc(COC)c(Nc3ccccc3)n2)cc1. The largest absolute Gasteiger partial charge is 0.491 e. The monoisotopic (exact) mass is 394 g/mol. The van der Waals surface area contributed by atoms with Gasteiger partial charge in [-0.25, -0.2) is 4.98 Å². The van der Waals surface area contributed by atoms with Crippen LogP contribution in [0.25, 0.3) is 0 Å². The summed E-state index contributed by atoms with van der Waals surface area (Å²) in [5.74, 6) is 1.85. The molecule has 0 fully saturated rings. The van der Waals surface area contributed by atoms with E-state index in [1.165, 1.54) is 0 Å². The Kier molecular flexibility index (Phi) is 7.38. The number of hydrogen-bond donors (Lipinski definition) is 3. The summed E-state index contributed by atoms with van der Waals surface area (Å²) in [6.07, 6.45) is 1.95. The van der Waals surface area contributed by atoms with Gasteiger partial charge in [-0.1, -0.05) is 25.1 Å². The van der Waals surface area contributed by atoms with Gasteiger partial charge in [-0.3, -0.25) is 0 Å². The second-order valence-corrected chi connectivity index (χ2v) is 6.51. The summed E-state index contributed by atoms with van der Waals surface area (Å²) < 4.78 is 10.8. The number of methoxy groups -OCH3 is 1. The third kappa shape index (κ3) is 6.17. The lowest BCUT2D eigenvalue weighted by Gasteiger charge is -2.13. The first kappa shape index (κ1) is 20.6. The molecular formula is C22H26N4O3. The highest BCUT2D eigenvalue weighted by Gasteiger charge is 2.09. The number of hydrogen-bond acceptors (Lipinski definition) is 7. The van der Waals surface area contributed by atoms with Crippen LogP contribution in [-0.4, -0.2) is 34.9 Å². The predicted octanol–water partition coefficient (Wildman–Crippen LogP) is 4.26. The third-order valence-corrected chi connectivity index (χ3v) is 4.23. The minimum atomic E-state index is -0.456. The number of benzene rings is 2. The van der Waals surface area contributed by atoms with Crippen molar-refractivity contribution in [2.75, 3.05) is 24.4 Å². The molecule has 1 atom stereocenters. The lowest BCUT2D eigenvalue weighted by Crippen LogP contribution is -2.15. The summed E-state index contributed by atoms with van der Waals surface area (Å²) in [6, 6.07) is 17.3. The number of aromatic nitrogens is 2. The average Bonchev–Trinajstić information content (AvgIpc) is 2.75. The average molecular weight is 394 g/mol. The van der Waals surface area contributed by atoms with Crippen LogP contribution in [0.3, 0.4) is 0 Å². The van der Waals surface area contributed by atoms with Crippen LogP contribution < -0.4 is 15.4 Å². The Morgan fingerprint density at radius 1 is 1.00 bits per heavy atom. The molecule has 7 heteroatoms.